The zero-order valence-corrected chi connectivity index (χ0v) is 12.9. The van der Waals surface area contributed by atoms with E-state index in [4.69, 9.17) is 15.0 Å². The molecule has 1 saturated heterocycles. The minimum absolute atomic E-state index is 0.307. The summed E-state index contributed by atoms with van der Waals surface area (Å²) in [5, 5.41) is 0. The van der Waals surface area contributed by atoms with E-state index in [1.54, 1.807) is 0 Å². The molecule has 1 fully saturated rings. The quantitative estimate of drug-likeness (QED) is 0.860. The van der Waals surface area contributed by atoms with E-state index in [-0.39, 0.29) is 18.3 Å². The maximum atomic E-state index is 5.92. The fourth-order valence-electron chi connectivity index (χ4n) is 2.06. The predicted octanol–water partition coefficient (Wildman–Crippen LogP) is 2.49. The summed E-state index contributed by atoms with van der Waals surface area (Å²) in [6.45, 7) is 10.7. The van der Waals surface area contributed by atoms with Crippen molar-refractivity contribution >= 4 is 13.2 Å². The monoisotopic (exact) mass is 274 g/mol. The van der Waals surface area contributed by atoms with Crippen molar-refractivity contribution in [2.24, 2.45) is 5.73 Å². The highest BCUT2D eigenvalue weighted by molar-refractivity contribution is 6.52. The lowest BCUT2D eigenvalue weighted by atomic mass is 9.89. The van der Waals surface area contributed by atoms with Gasteiger partial charge in [0.05, 0.1) is 16.9 Å². The van der Waals surface area contributed by atoms with Crippen LogP contribution in [0.4, 0.5) is 0 Å². The number of rotatable bonds is 3. The molecule has 4 nitrogen and oxygen atoms in total. The fourth-order valence-corrected chi connectivity index (χ4v) is 2.06. The minimum atomic E-state index is -0.325. The molecule has 20 heavy (non-hydrogen) atoms. The number of nitrogens with two attached hydrogens (primary N) is 1. The van der Waals surface area contributed by atoms with Crippen molar-refractivity contribution in [1.82, 2.24) is 4.98 Å². The highest BCUT2D eigenvalue weighted by atomic mass is 16.7. The number of nitrogens with zero attached hydrogens (tertiary/aromatic N) is 1. The summed E-state index contributed by atoms with van der Waals surface area (Å²) >= 11 is 0. The van der Waals surface area contributed by atoms with Crippen LogP contribution in [0.1, 0.15) is 44.5 Å². The molecule has 1 aliphatic rings. The molecule has 1 aromatic heterocycles. The Hall–Kier alpha value is -1.17. The maximum absolute atomic E-state index is 5.92. The van der Waals surface area contributed by atoms with E-state index < -0.39 is 0 Å². The molecule has 0 amide bonds. The molecule has 0 bridgehead atoms. The molecule has 2 rings (SSSR count). The van der Waals surface area contributed by atoms with E-state index in [1.807, 2.05) is 58.9 Å². The number of aryl methyl sites for hydroxylation is 1. The summed E-state index contributed by atoms with van der Waals surface area (Å²) in [4.78, 5) is 4.30. The van der Waals surface area contributed by atoms with Gasteiger partial charge in [-0.05, 0) is 51.8 Å². The van der Waals surface area contributed by atoms with Gasteiger partial charge in [-0.3, -0.25) is 4.98 Å². The van der Waals surface area contributed by atoms with Crippen molar-refractivity contribution in [3.8, 4) is 0 Å². The lowest BCUT2D eigenvalue weighted by Crippen LogP contribution is -2.41. The van der Waals surface area contributed by atoms with Gasteiger partial charge in [-0.15, -0.1) is 0 Å². The van der Waals surface area contributed by atoms with E-state index >= 15 is 0 Å². The predicted molar refractivity (Wildman–Crippen MR) is 82.0 cm³/mol. The average Bonchev–Trinajstić information content (AvgIpc) is 2.56. The normalized spacial score (nSPS) is 20.8. The van der Waals surface area contributed by atoms with Crippen molar-refractivity contribution in [3.05, 3.63) is 35.1 Å². The third-order valence-corrected chi connectivity index (χ3v) is 4.12. The molecule has 1 aromatic rings. The Kier molecular flexibility index (Phi) is 4.05. The summed E-state index contributed by atoms with van der Waals surface area (Å²) < 4.78 is 11.8. The van der Waals surface area contributed by atoms with Gasteiger partial charge in [0.15, 0.2) is 0 Å². The van der Waals surface area contributed by atoms with Crippen LogP contribution in [-0.2, 0) is 15.9 Å². The molecular formula is C15H23BN2O2. The van der Waals surface area contributed by atoms with Gasteiger partial charge in [0.25, 0.3) is 0 Å². The van der Waals surface area contributed by atoms with Gasteiger partial charge in [0.1, 0.15) is 0 Å². The van der Waals surface area contributed by atoms with Crippen molar-refractivity contribution in [2.45, 2.75) is 52.4 Å². The van der Waals surface area contributed by atoms with E-state index in [1.165, 1.54) is 0 Å². The van der Waals surface area contributed by atoms with Gasteiger partial charge in [0.2, 0.25) is 0 Å². The minimum Gasteiger partial charge on any atom is -0.400 e. The largest absolute Gasteiger partial charge is 0.487 e. The Balaban J connectivity index is 2.12. The Morgan fingerprint density at radius 1 is 1.25 bits per heavy atom. The molecule has 5 heteroatoms. The summed E-state index contributed by atoms with van der Waals surface area (Å²) in [5.41, 5.74) is 8.07. The molecule has 0 saturated carbocycles. The van der Waals surface area contributed by atoms with Gasteiger partial charge in [-0.2, -0.15) is 0 Å². The first-order valence-electron chi connectivity index (χ1n) is 6.94. The van der Waals surface area contributed by atoms with Crippen LogP contribution in [0.15, 0.2) is 18.2 Å². The molecule has 0 unspecified atom stereocenters. The molecule has 0 spiro atoms. The van der Waals surface area contributed by atoms with Gasteiger partial charge in [-0.1, -0.05) is 12.1 Å². The van der Waals surface area contributed by atoms with Crippen LogP contribution < -0.4 is 5.73 Å². The molecule has 2 N–H and O–H groups in total. The van der Waals surface area contributed by atoms with Crippen molar-refractivity contribution in [1.29, 1.82) is 0 Å². The number of hydrogen-bond acceptors (Lipinski definition) is 4. The third-order valence-electron chi connectivity index (χ3n) is 4.12. The molecular weight excluding hydrogens is 251 g/mol. The van der Waals surface area contributed by atoms with Crippen molar-refractivity contribution < 1.29 is 9.31 Å². The fraction of sp³-hybridized carbons (Fsp3) is 0.533. The zero-order chi connectivity index (χ0) is 15.0. The second-order valence-electron chi connectivity index (χ2n) is 6.22. The van der Waals surface area contributed by atoms with Crippen LogP contribution in [-0.4, -0.2) is 23.3 Å². The number of pyridine rings is 1. The second-order valence-corrected chi connectivity index (χ2v) is 6.22. The number of hydrogen-bond donors (Lipinski definition) is 1. The summed E-state index contributed by atoms with van der Waals surface area (Å²) in [6.07, 6.45) is 3.82. The van der Waals surface area contributed by atoms with Crippen LogP contribution in [0.3, 0.4) is 0 Å². The summed E-state index contributed by atoms with van der Waals surface area (Å²) in [6, 6.07) is 2.00. The van der Waals surface area contributed by atoms with Crippen LogP contribution in [0.25, 0.3) is 6.08 Å². The Morgan fingerprint density at radius 2 is 1.85 bits per heavy atom. The van der Waals surface area contributed by atoms with Crippen LogP contribution >= 0.6 is 0 Å². The summed E-state index contributed by atoms with van der Waals surface area (Å²) in [5.74, 6) is 1.93. The van der Waals surface area contributed by atoms with Gasteiger partial charge in [-0.25, -0.2) is 0 Å². The van der Waals surface area contributed by atoms with Gasteiger partial charge in [0, 0.05) is 12.7 Å². The Morgan fingerprint density at radius 3 is 2.35 bits per heavy atom. The molecule has 0 atom stereocenters. The molecule has 1 aliphatic heterocycles. The molecule has 108 valence electrons. The molecule has 0 radical (unpaired) electrons. The van der Waals surface area contributed by atoms with E-state index in [0.717, 1.165) is 16.8 Å². The molecule has 0 aliphatic carbocycles. The maximum Gasteiger partial charge on any atom is 0.487 e. The average molecular weight is 274 g/mol. The standard InChI is InChI=1S/C15H23BN2O2/c1-11-8-13(9-17)18-10-12(11)6-7-16-19-14(2,3)15(4,5)20-16/h6-8,10H,9,17H2,1-5H3/b7-6+. The van der Waals surface area contributed by atoms with Crippen LogP contribution in [0, 0.1) is 6.92 Å². The van der Waals surface area contributed by atoms with E-state index in [0.29, 0.717) is 6.54 Å². The molecule has 0 aromatic carbocycles. The first-order chi connectivity index (χ1) is 9.25. The van der Waals surface area contributed by atoms with Crippen molar-refractivity contribution in [3.63, 3.8) is 0 Å². The smallest absolute Gasteiger partial charge is 0.400 e. The summed E-state index contributed by atoms with van der Waals surface area (Å²) in [7, 11) is -0.325. The topological polar surface area (TPSA) is 57.4 Å². The molecule has 2 heterocycles. The first-order valence-corrected chi connectivity index (χ1v) is 6.94. The second kappa shape index (κ2) is 5.32. The highest BCUT2D eigenvalue weighted by Gasteiger charge is 2.49. The lowest BCUT2D eigenvalue weighted by molar-refractivity contribution is 0.00578. The van der Waals surface area contributed by atoms with E-state index in [2.05, 4.69) is 4.98 Å². The SMILES string of the molecule is Cc1cc(CN)ncc1/C=C/B1OC(C)(C)C(C)(C)O1. The first kappa shape index (κ1) is 15.2. The zero-order valence-electron chi connectivity index (χ0n) is 12.9. The lowest BCUT2D eigenvalue weighted by Gasteiger charge is -2.32. The van der Waals surface area contributed by atoms with Crippen molar-refractivity contribution in [2.75, 3.05) is 0 Å². The van der Waals surface area contributed by atoms with Gasteiger partial charge < -0.3 is 15.0 Å². The van der Waals surface area contributed by atoms with Crippen LogP contribution in [0.5, 0.6) is 0 Å². The van der Waals surface area contributed by atoms with E-state index in [9.17, 15) is 0 Å². The van der Waals surface area contributed by atoms with Crippen LogP contribution in [0.2, 0.25) is 0 Å². The Bertz CT molecular complexity index is 511. The third kappa shape index (κ3) is 2.95. The Labute approximate surface area is 121 Å². The highest BCUT2D eigenvalue weighted by Crippen LogP contribution is 2.37. The van der Waals surface area contributed by atoms with Gasteiger partial charge >= 0.3 is 7.12 Å². The number of aromatic nitrogens is 1.